The lowest BCUT2D eigenvalue weighted by molar-refractivity contribution is 0.0317. The quantitative estimate of drug-likeness (QED) is 0.847. The molecule has 0 aromatic heterocycles. The van der Waals surface area contributed by atoms with Crippen molar-refractivity contribution in [3.05, 3.63) is 46.5 Å². The zero-order chi connectivity index (χ0) is 13.8. The second kappa shape index (κ2) is 6.76. The highest BCUT2D eigenvalue weighted by Crippen LogP contribution is 2.31. The predicted octanol–water partition coefficient (Wildman–Crippen LogP) is 4.07. The van der Waals surface area contributed by atoms with Gasteiger partial charge in [-0.05, 0) is 37.1 Å². The summed E-state index contributed by atoms with van der Waals surface area (Å²) in [4.78, 5) is 2.28. The van der Waals surface area contributed by atoms with Crippen molar-refractivity contribution >= 4 is 23.2 Å². The first-order chi connectivity index (χ1) is 9.13. The molecule has 0 radical (unpaired) electrons. The lowest BCUT2D eigenvalue weighted by Crippen LogP contribution is -2.43. The lowest BCUT2D eigenvalue weighted by Gasteiger charge is -2.38. The number of piperidine rings is 1. The molecule has 2 rings (SSSR count). The van der Waals surface area contributed by atoms with Gasteiger partial charge in [0.2, 0.25) is 0 Å². The van der Waals surface area contributed by atoms with E-state index >= 15 is 0 Å². The minimum Gasteiger partial charge on any atom is -0.387 e. The van der Waals surface area contributed by atoms with Crippen LogP contribution in [0.5, 0.6) is 0 Å². The Kier molecular flexibility index (Phi) is 5.28. The Labute approximate surface area is 124 Å². The molecule has 1 aromatic carbocycles. The van der Waals surface area contributed by atoms with Crippen molar-refractivity contribution in [1.29, 1.82) is 0 Å². The van der Waals surface area contributed by atoms with Gasteiger partial charge in [0.25, 0.3) is 0 Å². The van der Waals surface area contributed by atoms with Gasteiger partial charge in [0.05, 0.1) is 16.1 Å². The van der Waals surface area contributed by atoms with Crippen molar-refractivity contribution < 1.29 is 5.11 Å². The second-order valence-corrected chi connectivity index (χ2v) is 5.78. The van der Waals surface area contributed by atoms with Crippen LogP contribution in [0.15, 0.2) is 30.9 Å². The normalized spacial score (nSPS) is 22.2. The summed E-state index contributed by atoms with van der Waals surface area (Å²) >= 11 is 11.9. The molecule has 1 fully saturated rings. The first-order valence-corrected chi connectivity index (χ1v) is 7.37. The third kappa shape index (κ3) is 3.51. The van der Waals surface area contributed by atoms with Crippen LogP contribution in [0.1, 0.15) is 30.9 Å². The first kappa shape index (κ1) is 14.9. The average molecular weight is 300 g/mol. The van der Waals surface area contributed by atoms with Crippen LogP contribution in [-0.4, -0.2) is 29.1 Å². The molecule has 1 aliphatic heterocycles. The van der Waals surface area contributed by atoms with Crippen LogP contribution in [0, 0.1) is 0 Å². The third-order valence-electron chi connectivity index (χ3n) is 3.68. The largest absolute Gasteiger partial charge is 0.387 e. The van der Waals surface area contributed by atoms with E-state index in [1.54, 1.807) is 12.1 Å². The van der Waals surface area contributed by atoms with Gasteiger partial charge in [0.15, 0.2) is 0 Å². The van der Waals surface area contributed by atoms with Gasteiger partial charge < -0.3 is 5.11 Å². The fourth-order valence-electron chi connectivity index (χ4n) is 2.69. The smallest absolute Gasteiger partial charge is 0.0945 e. The second-order valence-electron chi connectivity index (χ2n) is 4.97. The molecule has 1 heterocycles. The molecule has 19 heavy (non-hydrogen) atoms. The number of likely N-dealkylation sites (tertiary alicyclic amines) is 1. The molecule has 104 valence electrons. The average Bonchev–Trinajstić information content (AvgIpc) is 2.42. The molecular formula is C15H19Cl2NO. The van der Waals surface area contributed by atoms with Gasteiger partial charge in [-0.3, -0.25) is 4.90 Å². The van der Waals surface area contributed by atoms with Crippen LogP contribution in [0.3, 0.4) is 0 Å². The standard InChI is InChI=1S/C15H19Cl2NO/c1-2-8-18-9-4-3-5-14(18)15(19)11-6-7-12(16)13(17)10-11/h2,6-7,10,14-15,19H,1,3-5,8-9H2/t14-,15+/m0/s1. The van der Waals surface area contributed by atoms with Crippen LogP contribution >= 0.6 is 23.2 Å². The maximum absolute atomic E-state index is 10.6. The van der Waals surface area contributed by atoms with E-state index in [4.69, 9.17) is 23.2 Å². The Morgan fingerprint density at radius 1 is 1.37 bits per heavy atom. The predicted molar refractivity (Wildman–Crippen MR) is 80.8 cm³/mol. The summed E-state index contributed by atoms with van der Waals surface area (Å²) in [6.45, 7) is 5.60. The van der Waals surface area contributed by atoms with Crippen LogP contribution in [0.25, 0.3) is 0 Å². The maximum atomic E-state index is 10.6. The number of aliphatic hydroxyl groups is 1. The van der Waals surface area contributed by atoms with E-state index in [9.17, 15) is 5.11 Å². The van der Waals surface area contributed by atoms with Gasteiger partial charge >= 0.3 is 0 Å². The molecule has 0 saturated carbocycles. The van der Waals surface area contributed by atoms with Crippen LogP contribution in [0.4, 0.5) is 0 Å². The highest BCUT2D eigenvalue weighted by atomic mass is 35.5. The molecule has 1 aliphatic rings. The maximum Gasteiger partial charge on any atom is 0.0945 e. The molecule has 1 N–H and O–H groups in total. The summed E-state index contributed by atoms with van der Waals surface area (Å²) in [5, 5.41) is 11.6. The van der Waals surface area contributed by atoms with Gasteiger partial charge in [0, 0.05) is 12.6 Å². The van der Waals surface area contributed by atoms with E-state index in [0.717, 1.165) is 31.5 Å². The minimum atomic E-state index is -0.532. The highest BCUT2D eigenvalue weighted by molar-refractivity contribution is 6.42. The highest BCUT2D eigenvalue weighted by Gasteiger charge is 2.29. The summed E-state index contributed by atoms with van der Waals surface area (Å²) in [7, 11) is 0. The van der Waals surface area contributed by atoms with Crippen molar-refractivity contribution in [1.82, 2.24) is 4.90 Å². The molecule has 0 unspecified atom stereocenters. The van der Waals surface area contributed by atoms with Crippen molar-refractivity contribution in [3.63, 3.8) is 0 Å². The molecule has 0 bridgehead atoms. The van der Waals surface area contributed by atoms with Crippen molar-refractivity contribution in [2.75, 3.05) is 13.1 Å². The molecular weight excluding hydrogens is 281 g/mol. The van der Waals surface area contributed by atoms with Gasteiger partial charge in [-0.25, -0.2) is 0 Å². The zero-order valence-corrected chi connectivity index (χ0v) is 12.4. The Morgan fingerprint density at radius 2 is 2.16 bits per heavy atom. The number of benzene rings is 1. The van der Waals surface area contributed by atoms with Crippen molar-refractivity contribution in [3.8, 4) is 0 Å². The van der Waals surface area contributed by atoms with Crippen molar-refractivity contribution in [2.24, 2.45) is 0 Å². The van der Waals surface area contributed by atoms with Crippen LogP contribution < -0.4 is 0 Å². The van der Waals surface area contributed by atoms with E-state index in [0.29, 0.717) is 10.0 Å². The summed E-state index contributed by atoms with van der Waals surface area (Å²) < 4.78 is 0. The van der Waals surface area contributed by atoms with E-state index in [1.807, 2.05) is 12.1 Å². The molecule has 0 spiro atoms. The fraction of sp³-hybridized carbons (Fsp3) is 0.467. The summed E-state index contributed by atoms with van der Waals surface area (Å²) in [5.41, 5.74) is 0.829. The molecule has 2 nitrogen and oxygen atoms in total. The summed E-state index contributed by atoms with van der Waals surface area (Å²) in [6, 6.07) is 5.47. The number of hydrogen-bond acceptors (Lipinski definition) is 2. The van der Waals surface area contributed by atoms with E-state index in [1.165, 1.54) is 6.42 Å². The van der Waals surface area contributed by atoms with Gasteiger partial charge in [-0.15, -0.1) is 6.58 Å². The van der Waals surface area contributed by atoms with Gasteiger partial charge in [-0.2, -0.15) is 0 Å². The molecule has 2 atom stereocenters. The van der Waals surface area contributed by atoms with Crippen LogP contribution in [0.2, 0.25) is 10.0 Å². The molecule has 1 saturated heterocycles. The lowest BCUT2D eigenvalue weighted by atomic mass is 9.93. The Bertz CT molecular complexity index is 450. The third-order valence-corrected chi connectivity index (χ3v) is 4.42. The number of hydrogen-bond donors (Lipinski definition) is 1. The molecule has 4 heteroatoms. The van der Waals surface area contributed by atoms with Crippen molar-refractivity contribution in [2.45, 2.75) is 31.4 Å². The summed E-state index contributed by atoms with van der Waals surface area (Å²) in [5.74, 6) is 0. The number of halogens is 2. The first-order valence-electron chi connectivity index (χ1n) is 6.61. The Balaban J connectivity index is 2.17. The number of aliphatic hydroxyl groups excluding tert-OH is 1. The molecule has 0 aliphatic carbocycles. The minimum absolute atomic E-state index is 0.129. The monoisotopic (exact) mass is 299 g/mol. The van der Waals surface area contributed by atoms with E-state index in [-0.39, 0.29) is 6.04 Å². The fourth-order valence-corrected chi connectivity index (χ4v) is 2.99. The number of rotatable bonds is 4. The van der Waals surface area contributed by atoms with Gasteiger partial charge in [0.1, 0.15) is 0 Å². The van der Waals surface area contributed by atoms with E-state index in [2.05, 4.69) is 11.5 Å². The topological polar surface area (TPSA) is 23.5 Å². The Hall–Kier alpha value is -0.540. The summed E-state index contributed by atoms with van der Waals surface area (Å²) in [6.07, 6.45) is 4.68. The van der Waals surface area contributed by atoms with Crippen LogP contribution in [-0.2, 0) is 0 Å². The zero-order valence-electron chi connectivity index (χ0n) is 10.9. The van der Waals surface area contributed by atoms with E-state index < -0.39 is 6.10 Å². The molecule has 1 aromatic rings. The SMILES string of the molecule is C=CCN1CCCC[C@H]1[C@H](O)c1ccc(Cl)c(Cl)c1. The number of nitrogens with zero attached hydrogens (tertiary/aromatic N) is 1. The molecule has 0 amide bonds. The van der Waals surface area contributed by atoms with Gasteiger partial charge in [-0.1, -0.05) is 41.8 Å². The Morgan fingerprint density at radius 3 is 2.84 bits per heavy atom.